The van der Waals surface area contributed by atoms with E-state index in [1.54, 1.807) is 6.08 Å². The van der Waals surface area contributed by atoms with Crippen LogP contribution >= 0.6 is 22.9 Å². The average molecular weight is 186 g/mol. The van der Waals surface area contributed by atoms with Crippen molar-refractivity contribution in [1.82, 2.24) is 4.98 Å². The van der Waals surface area contributed by atoms with Gasteiger partial charge in [-0.05, 0) is 12.5 Å². The number of hydrogen-bond acceptors (Lipinski definition) is 2. The molecule has 1 heterocycles. The summed E-state index contributed by atoms with van der Waals surface area (Å²) in [6, 6.07) is 0. The molecule has 0 atom stereocenters. The molecule has 0 spiro atoms. The molecule has 0 saturated carbocycles. The maximum Gasteiger partial charge on any atom is 0.140 e. The topological polar surface area (TPSA) is 12.9 Å². The number of allylic oxidation sites excluding steroid dienone is 3. The van der Waals surface area contributed by atoms with Crippen molar-refractivity contribution in [3.05, 3.63) is 34.3 Å². The van der Waals surface area contributed by atoms with Crippen molar-refractivity contribution in [1.29, 1.82) is 0 Å². The second kappa shape index (κ2) is 3.69. The molecule has 0 radical (unpaired) electrons. The van der Waals surface area contributed by atoms with Crippen LogP contribution in [0.1, 0.15) is 11.9 Å². The third kappa shape index (κ3) is 2.17. The van der Waals surface area contributed by atoms with Gasteiger partial charge in [0.25, 0.3) is 0 Å². The zero-order valence-electron chi connectivity index (χ0n) is 6.17. The quantitative estimate of drug-likeness (QED) is 0.644. The molecule has 0 unspecified atom stereocenters. The Morgan fingerprint density at radius 2 is 2.55 bits per heavy atom. The van der Waals surface area contributed by atoms with Gasteiger partial charge in [0, 0.05) is 5.38 Å². The maximum atomic E-state index is 5.65. The third-order valence-corrected chi connectivity index (χ3v) is 2.48. The molecule has 0 amide bonds. The van der Waals surface area contributed by atoms with Crippen molar-refractivity contribution in [2.75, 3.05) is 0 Å². The van der Waals surface area contributed by atoms with Gasteiger partial charge in [-0.25, -0.2) is 4.98 Å². The van der Waals surface area contributed by atoms with Crippen LogP contribution in [0.25, 0.3) is 5.57 Å². The lowest BCUT2D eigenvalue weighted by Crippen LogP contribution is -1.74. The molecule has 0 aromatic carbocycles. The Morgan fingerprint density at radius 1 is 1.82 bits per heavy atom. The van der Waals surface area contributed by atoms with E-state index < -0.39 is 0 Å². The van der Waals surface area contributed by atoms with Crippen LogP contribution in [0.2, 0.25) is 5.15 Å². The summed E-state index contributed by atoms with van der Waals surface area (Å²) in [6.45, 7) is 5.58. The van der Waals surface area contributed by atoms with Crippen LogP contribution in [0.4, 0.5) is 0 Å². The average Bonchev–Trinajstić information content (AvgIpc) is 2.36. The standard InChI is InChI=1S/C8H8ClNS/c1-3-4-6(2)8-10-7(9)5-11-8/h3-5H,1H2,2H3/b6-4+. The first-order valence-corrected chi connectivity index (χ1v) is 4.40. The molecule has 0 aliphatic rings. The van der Waals surface area contributed by atoms with Crippen LogP contribution in [-0.2, 0) is 0 Å². The summed E-state index contributed by atoms with van der Waals surface area (Å²) in [5, 5.41) is 3.33. The van der Waals surface area contributed by atoms with Crippen molar-refractivity contribution < 1.29 is 0 Å². The van der Waals surface area contributed by atoms with E-state index in [0.29, 0.717) is 5.15 Å². The van der Waals surface area contributed by atoms with Crippen molar-refractivity contribution in [3.63, 3.8) is 0 Å². The molecule has 11 heavy (non-hydrogen) atoms. The highest BCUT2D eigenvalue weighted by Gasteiger charge is 1.99. The van der Waals surface area contributed by atoms with Gasteiger partial charge in [-0.1, -0.05) is 30.3 Å². The minimum absolute atomic E-state index is 0.557. The summed E-state index contributed by atoms with van der Waals surface area (Å²) in [6.07, 6.45) is 3.65. The molecule has 0 fully saturated rings. The van der Waals surface area contributed by atoms with Crippen LogP contribution in [0.15, 0.2) is 24.1 Å². The first kappa shape index (κ1) is 8.50. The van der Waals surface area contributed by atoms with Gasteiger partial charge in [0.1, 0.15) is 10.2 Å². The zero-order chi connectivity index (χ0) is 8.27. The molecular weight excluding hydrogens is 178 g/mol. The first-order chi connectivity index (χ1) is 5.24. The molecule has 0 bridgehead atoms. The molecule has 1 aromatic rings. The van der Waals surface area contributed by atoms with Gasteiger partial charge in [0.2, 0.25) is 0 Å². The molecule has 0 aliphatic heterocycles. The van der Waals surface area contributed by atoms with Gasteiger partial charge in [-0.2, -0.15) is 0 Å². The molecule has 58 valence electrons. The van der Waals surface area contributed by atoms with Gasteiger partial charge >= 0.3 is 0 Å². The molecule has 3 heteroatoms. The van der Waals surface area contributed by atoms with Crippen LogP contribution in [0, 0.1) is 0 Å². The Balaban J connectivity index is 2.93. The van der Waals surface area contributed by atoms with E-state index in [1.807, 2.05) is 18.4 Å². The second-order valence-electron chi connectivity index (χ2n) is 2.06. The van der Waals surface area contributed by atoms with E-state index in [9.17, 15) is 0 Å². The monoisotopic (exact) mass is 185 g/mol. The predicted molar refractivity (Wildman–Crippen MR) is 51.0 cm³/mol. The Hall–Kier alpha value is -0.600. The fourth-order valence-electron chi connectivity index (χ4n) is 0.683. The molecule has 1 nitrogen and oxygen atoms in total. The Kier molecular flexibility index (Phi) is 2.85. The van der Waals surface area contributed by atoms with Crippen molar-refractivity contribution in [2.45, 2.75) is 6.92 Å². The largest absolute Gasteiger partial charge is 0.225 e. The number of hydrogen-bond donors (Lipinski definition) is 0. The van der Waals surface area contributed by atoms with Crippen LogP contribution < -0.4 is 0 Å². The van der Waals surface area contributed by atoms with E-state index in [4.69, 9.17) is 11.6 Å². The third-order valence-electron chi connectivity index (χ3n) is 1.18. The van der Waals surface area contributed by atoms with E-state index in [1.165, 1.54) is 11.3 Å². The lowest BCUT2D eigenvalue weighted by molar-refractivity contribution is 1.36. The summed E-state index contributed by atoms with van der Waals surface area (Å²) in [4.78, 5) is 4.10. The SMILES string of the molecule is C=C/C=C(\C)c1nc(Cl)cs1. The molecule has 1 aromatic heterocycles. The molecule has 1 rings (SSSR count). The smallest absolute Gasteiger partial charge is 0.140 e. The fourth-order valence-corrected chi connectivity index (χ4v) is 1.62. The highest BCUT2D eigenvalue weighted by molar-refractivity contribution is 7.11. The first-order valence-electron chi connectivity index (χ1n) is 3.14. The summed E-state index contributed by atoms with van der Waals surface area (Å²) in [5.41, 5.74) is 1.09. The van der Waals surface area contributed by atoms with Crippen LogP contribution in [0.3, 0.4) is 0 Å². The minimum Gasteiger partial charge on any atom is -0.225 e. The molecule has 0 saturated heterocycles. The summed E-state index contributed by atoms with van der Waals surface area (Å²) in [5.74, 6) is 0. The van der Waals surface area contributed by atoms with Gasteiger partial charge in [-0.15, -0.1) is 11.3 Å². The lowest BCUT2D eigenvalue weighted by atomic mass is 10.3. The summed E-state index contributed by atoms with van der Waals surface area (Å²) < 4.78 is 0. The lowest BCUT2D eigenvalue weighted by Gasteiger charge is -1.89. The Morgan fingerprint density at radius 3 is 3.00 bits per heavy atom. The van der Waals surface area contributed by atoms with Crippen LogP contribution in [0.5, 0.6) is 0 Å². The van der Waals surface area contributed by atoms with Gasteiger partial charge < -0.3 is 0 Å². The fraction of sp³-hybridized carbons (Fsp3) is 0.125. The highest BCUT2D eigenvalue weighted by Crippen LogP contribution is 2.21. The van der Waals surface area contributed by atoms with E-state index >= 15 is 0 Å². The highest BCUT2D eigenvalue weighted by atomic mass is 35.5. The molecule has 0 N–H and O–H groups in total. The predicted octanol–water partition coefficient (Wildman–Crippen LogP) is 3.39. The van der Waals surface area contributed by atoms with Crippen molar-refractivity contribution in [3.8, 4) is 0 Å². The zero-order valence-corrected chi connectivity index (χ0v) is 7.75. The normalized spacial score (nSPS) is 11.6. The van der Waals surface area contributed by atoms with Crippen molar-refractivity contribution in [2.24, 2.45) is 0 Å². The number of aromatic nitrogens is 1. The molecule has 0 aliphatic carbocycles. The number of nitrogens with zero attached hydrogens (tertiary/aromatic N) is 1. The van der Waals surface area contributed by atoms with Gasteiger partial charge in [0.05, 0.1) is 0 Å². The van der Waals surface area contributed by atoms with Gasteiger partial charge in [-0.3, -0.25) is 0 Å². The second-order valence-corrected chi connectivity index (χ2v) is 3.31. The Labute approximate surface area is 75.0 Å². The van der Waals surface area contributed by atoms with Crippen molar-refractivity contribution >= 4 is 28.5 Å². The number of thiazole rings is 1. The number of rotatable bonds is 2. The van der Waals surface area contributed by atoms with E-state index in [2.05, 4.69) is 11.6 Å². The number of halogens is 1. The minimum atomic E-state index is 0.557. The van der Waals surface area contributed by atoms with Gasteiger partial charge in [0.15, 0.2) is 0 Å². The molecular formula is C8H8ClNS. The van der Waals surface area contributed by atoms with E-state index in [0.717, 1.165) is 10.6 Å². The van der Waals surface area contributed by atoms with E-state index in [-0.39, 0.29) is 0 Å². The maximum absolute atomic E-state index is 5.65. The van der Waals surface area contributed by atoms with Crippen LogP contribution in [-0.4, -0.2) is 4.98 Å². The summed E-state index contributed by atoms with van der Waals surface area (Å²) in [7, 11) is 0. The summed E-state index contributed by atoms with van der Waals surface area (Å²) >= 11 is 7.19. The Bertz CT molecular complexity index is 288.